The molecule has 0 bridgehead atoms. The van der Waals surface area contributed by atoms with Crippen molar-refractivity contribution in [2.75, 3.05) is 20.7 Å². The van der Waals surface area contributed by atoms with Crippen LogP contribution in [0, 0.1) is 0 Å². The van der Waals surface area contributed by atoms with Crippen molar-refractivity contribution in [2.24, 2.45) is 0 Å². The van der Waals surface area contributed by atoms with E-state index in [1.54, 1.807) is 0 Å². The van der Waals surface area contributed by atoms with Gasteiger partial charge in [-0.3, -0.25) is 0 Å². The minimum absolute atomic E-state index is 0.224. The molecule has 2 atom stereocenters. The highest BCUT2D eigenvalue weighted by atomic mass is 35.5. The van der Waals surface area contributed by atoms with Gasteiger partial charge in [0.1, 0.15) is 5.56 Å². The number of nitrogens with zero attached hydrogens (tertiary/aromatic N) is 1. The van der Waals surface area contributed by atoms with Gasteiger partial charge in [0.15, 0.2) is 0 Å². The molecule has 2 nitrogen and oxygen atoms in total. The summed E-state index contributed by atoms with van der Waals surface area (Å²) in [6.07, 6.45) is 0.798. The summed E-state index contributed by atoms with van der Waals surface area (Å²) in [6, 6.07) is 10.7. The molecule has 16 heavy (non-hydrogen) atoms. The molecule has 3 heteroatoms. The quantitative estimate of drug-likeness (QED) is 0.709. The van der Waals surface area contributed by atoms with Gasteiger partial charge in [0.05, 0.1) is 0 Å². The Kier molecular flexibility index (Phi) is 5.81. The molecule has 0 N–H and O–H groups in total. The van der Waals surface area contributed by atoms with E-state index in [9.17, 15) is 0 Å². The first kappa shape index (κ1) is 13.5. The normalized spacial score (nSPS) is 15.1. The van der Waals surface area contributed by atoms with Gasteiger partial charge in [-0.15, -0.1) is 0 Å². The molecule has 0 radical (unpaired) electrons. The average molecular weight is 242 g/mol. The molecule has 0 saturated heterocycles. The Balaban J connectivity index is 2.69. The molecule has 0 spiro atoms. The maximum absolute atomic E-state index is 6.12. The Labute approximate surface area is 103 Å². The second-order valence-electron chi connectivity index (χ2n) is 3.99. The fourth-order valence-electron chi connectivity index (χ4n) is 1.74. The van der Waals surface area contributed by atoms with Crippen LogP contribution in [-0.2, 0) is 4.74 Å². The summed E-state index contributed by atoms with van der Waals surface area (Å²) in [4.78, 5) is 2.17. The molecule has 0 fully saturated rings. The maximum atomic E-state index is 6.12. The van der Waals surface area contributed by atoms with Crippen LogP contribution in [0.4, 0.5) is 0 Å². The van der Waals surface area contributed by atoms with Gasteiger partial charge in [-0.1, -0.05) is 41.9 Å². The van der Waals surface area contributed by atoms with Crippen molar-refractivity contribution in [1.82, 2.24) is 4.90 Å². The van der Waals surface area contributed by atoms with E-state index in [0.717, 1.165) is 6.42 Å². The fourth-order valence-corrected chi connectivity index (χ4v) is 2.04. The highest BCUT2D eigenvalue weighted by Crippen LogP contribution is 2.25. The van der Waals surface area contributed by atoms with E-state index in [2.05, 4.69) is 43.3 Å². The van der Waals surface area contributed by atoms with Gasteiger partial charge in [-0.2, -0.15) is 0 Å². The Morgan fingerprint density at radius 1 is 1.25 bits per heavy atom. The number of halogens is 1. The van der Waals surface area contributed by atoms with E-state index in [0.29, 0.717) is 12.6 Å². The smallest absolute Gasteiger partial charge is 0.133 e. The van der Waals surface area contributed by atoms with E-state index in [-0.39, 0.29) is 5.56 Å². The molecule has 0 heterocycles. The van der Waals surface area contributed by atoms with Crippen molar-refractivity contribution < 1.29 is 4.74 Å². The second-order valence-corrected chi connectivity index (χ2v) is 4.48. The van der Waals surface area contributed by atoms with E-state index in [1.165, 1.54) is 5.56 Å². The lowest BCUT2D eigenvalue weighted by molar-refractivity contribution is 0.0914. The van der Waals surface area contributed by atoms with Gasteiger partial charge >= 0.3 is 0 Å². The molecule has 0 aliphatic carbocycles. The van der Waals surface area contributed by atoms with Crippen molar-refractivity contribution >= 4 is 11.6 Å². The third-order valence-corrected chi connectivity index (χ3v) is 2.87. The van der Waals surface area contributed by atoms with Gasteiger partial charge in [-0.25, -0.2) is 0 Å². The lowest BCUT2D eigenvalue weighted by atomic mass is 10.0. The van der Waals surface area contributed by atoms with Crippen LogP contribution in [0.15, 0.2) is 30.3 Å². The lowest BCUT2D eigenvalue weighted by Crippen LogP contribution is -2.24. The summed E-state index contributed by atoms with van der Waals surface area (Å²) < 4.78 is 5.38. The largest absolute Gasteiger partial charge is 0.363 e. The predicted octanol–water partition coefficient (Wildman–Crippen LogP) is 3.28. The molecule has 0 aliphatic rings. The zero-order valence-electron chi connectivity index (χ0n) is 10.2. The van der Waals surface area contributed by atoms with Gasteiger partial charge in [-0.05, 0) is 26.6 Å². The van der Waals surface area contributed by atoms with Crippen molar-refractivity contribution in [3.8, 4) is 0 Å². The fraction of sp³-hybridized carbons (Fsp3) is 0.538. The number of ether oxygens (including phenoxy) is 1. The van der Waals surface area contributed by atoms with Crippen LogP contribution in [0.25, 0.3) is 0 Å². The van der Waals surface area contributed by atoms with E-state index >= 15 is 0 Å². The molecule has 1 aromatic rings. The molecule has 0 aromatic heterocycles. The Morgan fingerprint density at radius 2 is 1.88 bits per heavy atom. The standard InChI is InChI=1S/C13H20ClNO/c1-4-16-13(14)10-12(15(2)3)11-8-6-5-7-9-11/h5-9,12-13H,4,10H2,1-3H3. The average Bonchev–Trinajstić information content (AvgIpc) is 2.27. The Bertz CT molecular complexity index is 289. The molecule has 1 aromatic carbocycles. The van der Waals surface area contributed by atoms with Crippen LogP contribution in [0.2, 0.25) is 0 Å². The molecule has 90 valence electrons. The van der Waals surface area contributed by atoms with Crippen LogP contribution in [0.3, 0.4) is 0 Å². The number of hydrogen-bond acceptors (Lipinski definition) is 2. The van der Waals surface area contributed by atoms with Crippen molar-refractivity contribution in [3.63, 3.8) is 0 Å². The SMILES string of the molecule is CCOC(Cl)CC(c1ccccc1)N(C)C. The van der Waals surface area contributed by atoms with Crippen LogP contribution < -0.4 is 0 Å². The number of rotatable bonds is 6. The minimum Gasteiger partial charge on any atom is -0.363 e. The van der Waals surface area contributed by atoms with Crippen LogP contribution in [0.1, 0.15) is 24.9 Å². The van der Waals surface area contributed by atoms with Gasteiger partial charge in [0, 0.05) is 19.1 Å². The summed E-state index contributed by atoms with van der Waals surface area (Å²) in [5, 5.41) is 0. The van der Waals surface area contributed by atoms with Crippen LogP contribution in [0.5, 0.6) is 0 Å². The third kappa shape index (κ3) is 4.12. The van der Waals surface area contributed by atoms with Crippen molar-refractivity contribution in [1.29, 1.82) is 0 Å². The monoisotopic (exact) mass is 241 g/mol. The van der Waals surface area contributed by atoms with Gasteiger partial charge in [0.25, 0.3) is 0 Å². The van der Waals surface area contributed by atoms with Gasteiger partial charge < -0.3 is 9.64 Å². The Hall–Kier alpha value is -0.570. The van der Waals surface area contributed by atoms with E-state index in [1.807, 2.05) is 13.0 Å². The maximum Gasteiger partial charge on any atom is 0.133 e. The Morgan fingerprint density at radius 3 is 2.38 bits per heavy atom. The molecule has 1 rings (SSSR count). The zero-order valence-corrected chi connectivity index (χ0v) is 10.9. The molecule has 0 amide bonds. The molecular weight excluding hydrogens is 222 g/mol. The number of benzene rings is 1. The summed E-state index contributed by atoms with van der Waals surface area (Å²) in [5.41, 5.74) is 1.05. The first-order valence-electron chi connectivity index (χ1n) is 5.62. The highest BCUT2D eigenvalue weighted by molar-refractivity contribution is 6.19. The van der Waals surface area contributed by atoms with Gasteiger partial charge in [0.2, 0.25) is 0 Å². The first-order valence-corrected chi connectivity index (χ1v) is 6.05. The second kappa shape index (κ2) is 6.89. The van der Waals surface area contributed by atoms with Crippen LogP contribution in [-0.4, -0.2) is 31.2 Å². The third-order valence-electron chi connectivity index (χ3n) is 2.56. The molecule has 0 saturated carbocycles. The summed E-state index contributed by atoms with van der Waals surface area (Å²) >= 11 is 6.12. The summed E-state index contributed by atoms with van der Waals surface area (Å²) in [6.45, 7) is 2.62. The topological polar surface area (TPSA) is 12.5 Å². The van der Waals surface area contributed by atoms with Crippen molar-refractivity contribution in [3.05, 3.63) is 35.9 Å². The summed E-state index contributed by atoms with van der Waals surface area (Å²) in [7, 11) is 4.13. The number of alkyl halides is 1. The highest BCUT2D eigenvalue weighted by Gasteiger charge is 2.18. The van der Waals surface area contributed by atoms with Crippen molar-refractivity contribution in [2.45, 2.75) is 24.9 Å². The molecule has 0 aliphatic heterocycles. The first-order chi connectivity index (χ1) is 7.65. The zero-order chi connectivity index (χ0) is 12.0. The van der Waals surface area contributed by atoms with E-state index in [4.69, 9.17) is 16.3 Å². The minimum atomic E-state index is -0.224. The summed E-state index contributed by atoms with van der Waals surface area (Å²) in [5.74, 6) is 0. The van der Waals surface area contributed by atoms with Crippen LogP contribution >= 0.6 is 11.6 Å². The molecular formula is C13H20ClNO. The lowest BCUT2D eigenvalue weighted by Gasteiger charge is -2.26. The van der Waals surface area contributed by atoms with E-state index < -0.39 is 0 Å². The number of hydrogen-bond donors (Lipinski definition) is 0. The predicted molar refractivity (Wildman–Crippen MR) is 68.8 cm³/mol. The molecule has 2 unspecified atom stereocenters.